The minimum Gasteiger partial charge on any atom is -0.303 e. The van der Waals surface area contributed by atoms with E-state index < -0.39 is 0 Å². The second-order valence-corrected chi connectivity index (χ2v) is 3.66. The predicted molar refractivity (Wildman–Crippen MR) is 59.5 cm³/mol. The van der Waals surface area contributed by atoms with Crippen molar-refractivity contribution in [2.24, 2.45) is 0 Å². The molecule has 0 aromatic heterocycles. The average molecular weight is 238 g/mol. The maximum absolute atomic E-state index is 5.40. The third-order valence-corrected chi connectivity index (χ3v) is 3.07. The molecule has 0 bridgehead atoms. The highest BCUT2D eigenvalue weighted by atomic mass is 79.9. The van der Waals surface area contributed by atoms with Gasteiger partial charge in [0.25, 0.3) is 0 Å². The first kappa shape index (κ1) is 10.3. The average Bonchev–Trinajstić information content (AvgIpc) is 2.14. The maximum atomic E-state index is 5.40. The summed E-state index contributed by atoms with van der Waals surface area (Å²) in [6.07, 6.45) is 5.40. The fourth-order valence-electron chi connectivity index (χ4n) is 1.22. The Kier molecular flexibility index (Phi) is 3.53. The van der Waals surface area contributed by atoms with Gasteiger partial charge < -0.3 is 5.32 Å². The molecule has 0 fully saturated rings. The molecule has 0 saturated carbocycles. The molecule has 1 aromatic rings. The van der Waals surface area contributed by atoms with Gasteiger partial charge in [0.05, 0.1) is 6.04 Å². The Labute approximate surface area is 87.7 Å². The summed E-state index contributed by atoms with van der Waals surface area (Å²) in [5.41, 5.74) is 2.32. The summed E-state index contributed by atoms with van der Waals surface area (Å²) in [6, 6.07) is 6.07. The standard InChI is InChI=1S/C11H12BrN/c1-4-10(13-3)9-7-5-6-8(2)11(9)12/h1,5-7,10,13H,2-3H3. The number of nitrogens with one attached hydrogen (secondary N) is 1. The van der Waals surface area contributed by atoms with E-state index in [-0.39, 0.29) is 6.04 Å². The Balaban J connectivity index is 3.15. The van der Waals surface area contributed by atoms with Gasteiger partial charge in [-0.1, -0.05) is 40.0 Å². The minimum atomic E-state index is -0.0192. The van der Waals surface area contributed by atoms with Crippen LogP contribution in [0.3, 0.4) is 0 Å². The van der Waals surface area contributed by atoms with E-state index in [1.807, 2.05) is 19.2 Å². The predicted octanol–water partition coefficient (Wildman–Crippen LogP) is 2.65. The molecule has 0 amide bonds. The molecule has 0 spiro atoms. The van der Waals surface area contributed by atoms with Crippen LogP contribution in [0.25, 0.3) is 0 Å². The Morgan fingerprint density at radius 3 is 2.77 bits per heavy atom. The molecular weight excluding hydrogens is 226 g/mol. The van der Waals surface area contributed by atoms with E-state index in [0.717, 1.165) is 10.0 Å². The number of halogens is 1. The van der Waals surface area contributed by atoms with Crippen LogP contribution in [0.2, 0.25) is 0 Å². The number of aryl methyl sites for hydroxylation is 1. The Morgan fingerprint density at radius 2 is 2.23 bits per heavy atom. The van der Waals surface area contributed by atoms with Gasteiger partial charge in [0.15, 0.2) is 0 Å². The van der Waals surface area contributed by atoms with Crippen LogP contribution < -0.4 is 5.32 Å². The molecule has 1 aromatic carbocycles. The van der Waals surface area contributed by atoms with Crippen molar-refractivity contribution in [3.8, 4) is 12.3 Å². The number of terminal acetylenes is 1. The smallest absolute Gasteiger partial charge is 0.0951 e. The molecule has 0 aliphatic heterocycles. The molecule has 1 rings (SSSR count). The summed E-state index contributed by atoms with van der Waals surface area (Å²) >= 11 is 3.53. The third kappa shape index (κ3) is 2.12. The van der Waals surface area contributed by atoms with Crippen molar-refractivity contribution >= 4 is 15.9 Å². The van der Waals surface area contributed by atoms with Crippen LogP contribution in [0.4, 0.5) is 0 Å². The third-order valence-electron chi connectivity index (χ3n) is 1.99. The first-order valence-corrected chi connectivity index (χ1v) is 4.88. The van der Waals surface area contributed by atoms with Crippen LogP contribution >= 0.6 is 15.9 Å². The van der Waals surface area contributed by atoms with Crippen LogP contribution in [-0.2, 0) is 0 Å². The van der Waals surface area contributed by atoms with Crippen molar-refractivity contribution < 1.29 is 0 Å². The van der Waals surface area contributed by atoms with Gasteiger partial charge in [-0.25, -0.2) is 0 Å². The van der Waals surface area contributed by atoms with Crippen molar-refractivity contribution in [3.63, 3.8) is 0 Å². The van der Waals surface area contributed by atoms with Crippen molar-refractivity contribution in [2.45, 2.75) is 13.0 Å². The zero-order chi connectivity index (χ0) is 9.84. The fourth-order valence-corrected chi connectivity index (χ4v) is 1.71. The Bertz CT molecular complexity index is 338. The first-order chi connectivity index (χ1) is 6.20. The molecule has 0 heterocycles. The molecule has 0 saturated heterocycles. The van der Waals surface area contributed by atoms with E-state index in [9.17, 15) is 0 Å². The lowest BCUT2D eigenvalue weighted by Gasteiger charge is -2.13. The lowest BCUT2D eigenvalue weighted by molar-refractivity contribution is 0.732. The highest BCUT2D eigenvalue weighted by Crippen LogP contribution is 2.25. The zero-order valence-corrected chi connectivity index (χ0v) is 9.35. The summed E-state index contributed by atoms with van der Waals surface area (Å²) in [5.74, 6) is 2.69. The Morgan fingerprint density at radius 1 is 1.54 bits per heavy atom. The van der Waals surface area contributed by atoms with E-state index in [4.69, 9.17) is 6.42 Å². The molecule has 13 heavy (non-hydrogen) atoms. The molecule has 1 atom stereocenters. The zero-order valence-electron chi connectivity index (χ0n) is 7.76. The summed E-state index contributed by atoms with van der Waals surface area (Å²) in [4.78, 5) is 0. The van der Waals surface area contributed by atoms with Crippen LogP contribution in [0.15, 0.2) is 22.7 Å². The molecule has 68 valence electrons. The van der Waals surface area contributed by atoms with E-state index in [0.29, 0.717) is 0 Å². The molecule has 0 aliphatic rings. The summed E-state index contributed by atoms with van der Waals surface area (Å²) in [7, 11) is 1.86. The van der Waals surface area contributed by atoms with Gasteiger partial charge >= 0.3 is 0 Å². The van der Waals surface area contributed by atoms with Gasteiger partial charge in [-0.2, -0.15) is 0 Å². The normalized spacial score (nSPS) is 12.2. The van der Waals surface area contributed by atoms with Gasteiger partial charge in [0.2, 0.25) is 0 Å². The van der Waals surface area contributed by atoms with Gasteiger partial charge in [-0.15, -0.1) is 6.42 Å². The molecular formula is C11H12BrN. The molecule has 0 aliphatic carbocycles. The quantitative estimate of drug-likeness (QED) is 0.781. The topological polar surface area (TPSA) is 12.0 Å². The lowest BCUT2D eigenvalue weighted by Crippen LogP contribution is -2.14. The molecule has 1 N–H and O–H groups in total. The van der Waals surface area contributed by atoms with E-state index in [1.165, 1.54) is 5.56 Å². The number of rotatable bonds is 2. The number of hydrogen-bond donors (Lipinski definition) is 1. The van der Waals surface area contributed by atoms with Crippen LogP contribution in [0.5, 0.6) is 0 Å². The van der Waals surface area contributed by atoms with E-state index in [2.05, 4.69) is 40.2 Å². The summed E-state index contributed by atoms with van der Waals surface area (Å²) < 4.78 is 1.09. The van der Waals surface area contributed by atoms with Crippen molar-refractivity contribution in [1.29, 1.82) is 0 Å². The van der Waals surface area contributed by atoms with Crippen LogP contribution in [0.1, 0.15) is 17.2 Å². The molecule has 1 unspecified atom stereocenters. The Hall–Kier alpha value is -0.780. The molecule has 2 heteroatoms. The van der Waals surface area contributed by atoms with Crippen molar-refractivity contribution in [2.75, 3.05) is 7.05 Å². The summed E-state index contributed by atoms with van der Waals surface area (Å²) in [6.45, 7) is 2.05. The van der Waals surface area contributed by atoms with E-state index >= 15 is 0 Å². The lowest BCUT2D eigenvalue weighted by atomic mass is 10.1. The minimum absolute atomic E-state index is 0.0192. The fraction of sp³-hybridized carbons (Fsp3) is 0.273. The molecule has 0 radical (unpaired) electrons. The summed E-state index contributed by atoms with van der Waals surface area (Å²) in [5, 5.41) is 3.07. The second kappa shape index (κ2) is 4.45. The van der Waals surface area contributed by atoms with Gasteiger partial charge in [-0.05, 0) is 25.1 Å². The van der Waals surface area contributed by atoms with Gasteiger partial charge in [0.1, 0.15) is 0 Å². The monoisotopic (exact) mass is 237 g/mol. The van der Waals surface area contributed by atoms with Crippen molar-refractivity contribution in [1.82, 2.24) is 5.32 Å². The van der Waals surface area contributed by atoms with E-state index in [1.54, 1.807) is 0 Å². The highest BCUT2D eigenvalue weighted by Gasteiger charge is 2.09. The first-order valence-electron chi connectivity index (χ1n) is 4.09. The molecule has 1 nitrogen and oxygen atoms in total. The number of hydrogen-bond acceptors (Lipinski definition) is 1. The van der Waals surface area contributed by atoms with Crippen LogP contribution in [0, 0.1) is 19.3 Å². The maximum Gasteiger partial charge on any atom is 0.0951 e. The van der Waals surface area contributed by atoms with Crippen molar-refractivity contribution in [3.05, 3.63) is 33.8 Å². The van der Waals surface area contributed by atoms with Gasteiger partial charge in [0, 0.05) is 4.47 Å². The number of benzene rings is 1. The second-order valence-electron chi connectivity index (χ2n) is 2.87. The van der Waals surface area contributed by atoms with Gasteiger partial charge in [-0.3, -0.25) is 0 Å². The SMILES string of the molecule is C#CC(NC)c1cccc(C)c1Br. The van der Waals surface area contributed by atoms with Crippen LogP contribution in [-0.4, -0.2) is 7.05 Å². The highest BCUT2D eigenvalue weighted by molar-refractivity contribution is 9.10. The largest absolute Gasteiger partial charge is 0.303 e.